The zero-order valence-corrected chi connectivity index (χ0v) is 12.3. The molecule has 0 spiro atoms. The highest BCUT2D eigenvalue weighted by atomic mass is 32.2. The van der Waals surface area contributed by atoms with Crippen LogP contribution in [0.15, 0.2) is 33.5 Å². The van der Waals surface area contributed by atoms with Gasteiger partial charge in [-0.2, -0.15) is 0 Å². The first-order chi connectivity index (χ1) is 8.58. The molecule has 0 fully saturated rings. The molecule has 1 aromatic heterocycles. The van der Waals surface area contributed by atoms with Gasteiger partial charge in [0, 0.05) is 25.0 Å². The summed E-state index contributed by atoms with van der Waals surface area (Å²) in [7, 11) is 3.93. The van der Waals surface area contributed by atoms with E-state index in [2.05, 4.69) is 22.3 Å². The Balaban J connectivity index is 2.23. The SMILES string of the molecule is C[C@@H](N)c1ccccc1Sc1nnc(N(C)C)s1. The molecule has 4 nitrogen and oxygen atoms in total. The van der Waals surface area contributed by atoms with Crippen LogP contribution in [0.2, 0.25) is 0 Å². The zero-order chi connectivity index (χ0) is 13.1. The van der Waals surface area contributed by atoms with E-state index in [-0.39, 0.29) is 6.04 Å². The minimum absolute atomic E-state index is 0.0231. The van der Waals surface area contributed by atoms with Crippen LogP contribution >= 0.6 is 23.1 Å². The fraction of sp³-hybridized carbons (Fsp3) is 0.333. The van der Waals surface area contributed by atoms with Gasteiger partial charge in [-0.15, -0.1) is 10.2 Å². The van der Waals surface area contributed by atoms with Gasteiger partial charge in [-0.05, 0) is 18.6 Å². The lowest BCUT2D eigenvalue weighted by Gasteiger charge is -2.10. The summed E-state index contributed by atoms with van der Waals surface area (Å²) in [6, 6.07) is 8.17. The van der Waals surface area contributed by atoms with Crippen LogP contribution in [0.3, 0.4) is 0 Å². The molecule has 1 aromatic carbocycles. The molecule has 0 aliphatic rings. The van der Waals surface area contributed by atoms with E-state index in [1.807, 2.05) is 38.1 Å². The van der Waals surface area contributed by atoms with Gasteiger partial charge in [0.15, 0.2) is 4.34 Å². The van der Waals surface area contributed by atoms with E-state index in [1.165, 1.54) is 0 Å². The number of hydrogen-bond donors (Lipinski definition) is 1. The van der Waals surface area contributed by atoms with Crippen molar-refractivity contribution >= 4 is 28.2 Å². The van der Waals surface area contributed by atoms with Gasteiger partial charge in [-0.25, -0.2) is 0 Å². The van der Waals surface area contributed by atoms with Crippen molar-refractivity contribution in [2.24, 2.45) is 5.73 Å². The standard InChI is InChI=1S/C12H16N4S2/c1-8(13)9-6-4-5-7-10(9)17-12-15-14-11(18-12)16(2)3/h4-8H,13H2,1-3H3/t8-/m1/s1. The van der Waals surface area contributed by atoms with Crippen molar-refractivity contribution in [3.8, 4) is 0 Å². The largest absolute Gasteiger partial charge is 0.353 e. The Hall–Kier alpha value is -1.11. The molecule has 1 atom stereocenters. The molecule has 18 heavy (non-hydrogen) atoms. The molecule has 0 radical (unpaired) electrons. The van der Waals surface area contributed by atoms with Gasteiger partial charge in [-0.3, -0.25) is 0 Å². The average Bonchev–Trinajstić information content (AvgIpc) is 2.78. The van der Waals surface area contributed by atoms with Crippen LogP contribution in [0.25, 0.3) is 0 Å². The monoisotopic (exact) mass is 280 g/mol. The minimum atomic E-state index is 0.0231. The van der Waals surface area contributed by atoms with Crippen molar-refractivity contribution in [2.75, 3.05) is 19.0 Å². The van der Waals surface area contributed by atoms with Crippen LogP contribution in [-0.4, -0.2) is 24.3 Å². The average molecular weight is 280 g/mol. The van der Waals surface area contributed by atoms with Gasteiger partial charge >= 0.3 is 0 Å². The highest BCUT2D eigenvalue weighted by molar-refractivity contribution is 8.01. The fourth-order valence-electron chi connectivity index (χ4n) is 1.47. The summed E-state index contributed by atoms with van der Waals surface area (Å²) in [6.45, 7) is 1.99. The molecule has 0 aliphatic carbocycles. The minimum Gasteiger partial charge on any atom is -0.353 e. The lowest BCUT2D eigenvalue weighted by molar-refractivity contribution is 0.797. The Morgan fingerprint density at radius 2 is 2.00 bits per heavy atom. The number of nitrogens with two attached hydrogens (primary N) is 1. The normalized spacial score (nSPS) is 12.4. The third-order valence-corrected chi connectivity index (χ3v) is 4.62. The molecule has 6 heteroatoms. The summed E-state index contributed by atoms with van der Waals surface area (Å²) in [5, 5.41) is 9.22. The number of nitrogens with zero attached hydrogens (tertiary/aromatic N) is 3. The van der Waals surface area contributed by atoms with Crippen molar-refractivity contribution in [1.82, 2.24) is 10.2 Å². The van der Waals surface area contributed by atoms with Crippen molar-refractivity contribution in [2.45, 2.75) is 22.2 Å². The summed E-state index contributed by atoms with van der Waals surface area (Å²) >= 11 is 3.20. The van der Waals surface area contributed by atoms with Gasteiger partial charge < -0.3 is 10.6 Å². The van der Waals surface area contributed by atoms with Gasteiger partial charge in [0.05, 0.1) is 0 Å². The van der Waals surface area contributed by atoms with E-state index in [4.69, 9.17) is 5.73 Å². The Labute approximate surface area is 115 Å². The van der Waals surface area contributed by atoms with E-state index < -0.39 is 0 Å². The molecule has 2 aromatic rings. The molecule has 1 heterocycles. The van der Waals surface area contributed by atoms with Gasteiger partial charge in [0.1, 0.15) is 0 Å². The predicted molar refractivity (Wildman–Crippen MR) is 77.4 cm³/mol. The first kappa shape index (κ1) is 13.3. The summed E-state index contributed by atoms with van der Waals surface area (Å²) in [5.41, 5.74) is 7.11. The summed E-state index contributed by atoms with van der Waals surface area (Å²) in [5.74, 6) is 0. The maximum atomic E-state index is 5.97. The maximum absolute atomic E-state index is 5.97. The van der Waals surface area contributed by atoms with Gasteiger partial charge in [0.25, 0.3) is 0 Å². The lowest BCUT2D eigenvalue weighted by Crippen LogP contribution is -2.07. The van der Waals surface area contributed by atoms with E-state index in [1.54, 1.807) is 23.1 Å². The third-order valence-electron chi connectivity index (χ3n) is 2.39. The highest BCUT2D eigenvalue weighted by Gasteiger charge is 2.11. The number of aromatic nitrogens is 2. The molecular weight excluding hydrogens is 264 g/mol. The number of benzene rings is 1. The molecule has 0 aliphatic heterocycles. The molecule has 0 saturated carbocycles. The van der Waals surface area contributed by atoms with Crippen LogP contribution in [0, 0.1) is 0 Å². The Kier molecular flexibility index (Phi) is 4.21. The third kappa shape index (κ3) is 3.01. The van der Waals surface area contributed by atoms with E-state index in [0.29, 0.717) is 0 Å². The number of hydrogen-bond acceptors (Lipinski definition) is 6. The van der Waals surface area contributed by atoms with Gasteiger partial charge in [0.2, 0.25) is 5.13 Å². The van der Waals surface area contributed by atoms with Crippen LogP contribution in [-0.2, 0) is 0 Å². The molecule has 0 bridgehead atoms. The van der Waals surface area contributed by atoms with Crippen LogP contribution < -0.4 is 10.6 Å². The number of anilines is 1. The molecule has 2 N–H and O–H groups in total. The second-order valence-corrected chi connectivity index (χ2v) is 6.42. The second-order valence-electron chi connectivity index (χ2n) is 4.17. The van der Waals surface area contributed by atoms with Crippen LogP contribution in [0.5, 0.6) is 0 Å². The van der Waals surface area contributed by atoms with Crippen LogP contribution in [0.4, 0.5) is 5.13 Å². The number of rotatable bonds is 4. The fourth-order valence-corrected chi connectivity index (χ4v) is 3.42. The van der Waals surface area contributed by atoms with Crippen LogP contribution in [0.1, 0.15) is 18.5 Å². The molecule has 0 unspecified atom stereocenters. The Morgan fingerprint density at radius 1 is 1.28 bits per heavy atom. The smallest absolute Gasteiger partial charge is 0.208 e. The van der Waals surface area contributed by atoms with E-state index >= 15 is 0 Å². The van der Waals surface area contributed by atoms with Crippen molar-refractivity contribution < 1.29 is 0 Å². The molecule has 96 valence electrons. The first-order valence-electron chi connectivity index (χ1n) is 5.61. The Morgan fingerprint density at radius 3 is 2.61 bits per heavy atom. The summed E-state index contributed by atoms with van der Waals surface area (Å²) in [6.07, 6.45) is 0. The summed E-state index contributed by atoms with van der Waals surface area (Å²) in [4.78, 5) is 3.10. The quantitative estimate of drug-likeness (QED) is 0.933. The molecular formula is C12H16N4S2. The predicted octanol–water partition coefficient (Wildman–Crippen LogP) is 2.78. The first-order valence-corrected chi connectivity index (χ1v) is 7.24. The van der Waals surface area contributed by atoms with E-state index in [0.717, 1.165) is 19.9 Å². The zero-order valence-electron chi connectivity index (χ0n) is 10.6. The second kappa shape index (κ2) is 5.69. The van der Waals surface area contributed by atoms with E-state index in [9.17, 15) is 0 Å². The molecule has 0 saturated heterocycles. The van der Waals surface area contributed by atoms with Crippen molar-refractivity contribution in [3.05, 3.63) is 29.8 Å². The van der Waals surface area contributed by atoms with Crippen molar-refractivity contribution in [3.63, 3.8) is 0 Å². The molecule has 2 rings (SSSR count). The highest BCUT2D eigenvalue weighted by Crippen LogP contribution is 2.35. The maximum Gasteiger partial charge on any atom is 0.208 e. The lowest BCUT2D eigenvalue weighted by atomic mass is 10.1. The summed E-state index contributed by atoms with van der Waals surface area (Å²) < 4.78 is 0.937. The Bertz CT molecular complexity index is 522. The molecule has 0 amide bonds. The topological polar surface area (TPSA) is 55.0 Å². The van der Waals surface area contributed by atoms with Gasteiger partial charge in [-0.1, -0.05) is 41.3 Å². The van der Waals surface area contributed by atoms with Crippen molar-refractivity contribution in [1.29, 1.82) is 0 Å².